The van der Waals surface area contributed by atoms with Crippen LogP contribution in [0, 0.1) is 0 Å². The molecule has 0 saturated heterocycles. The van der Waals surface area contributed by atoms with Gasteiger partial charge in [0.15, 0.2) is 11.5 Å². The van der Waals surface area contributed by atoms with Crippen molar-refractivity contribution in [1.29, 1.82) is 0 Å². The van der Waals surface area contributed by atoms with Crippen LogP contribution in [0.4, 0.5) is 13.2 Å². The highest BCUT2D eigenvalue weighted by Crippen LogP contribution is 2.36. The van der Waals surface area contributed by atoms with Crippen molar-refractivity contribution in [2.24, 2.45) is 0 Å². The van der Waals surface area contributed by atoms with E-state index in [1.54, 1.807) is 6.07 Å². The van der Waals surface area contributed by atoms with Gasteiger partial charge in [-0.1, -0.05) is 12.1 Å². The van der Waals surface area contributed by atoms with Crippen LogP contribution in [0.3, 0.4) is 0 Å². The number of benzene rings is 1. The molecule has 1 aromatic heterocycles. The van der Waals surface area contributed by atoms with Crippen molar-refractivity contribution < 1.29 is 22.6 Å². The summed E-state index contributed by atoms with van der Waals surface area (Å²) in [6.07, 6.45) is -3.32. The van der Waals surface area contributed by atoms with Gasteiger partial charge in [0.2, 0.25) is 5.88 Å². The maximum absolute atomic E-state index is 12.3. The zero-order chi connectivity index (χ0) is 14.8. The predicted octanol–water partition coefficient (Wildman–Crippen LogP) is 5.30. The molecule has 2 aromatic rings. The molecule has 0 fully saturated rings. The Labute approximate surface area is 129 Å². The maximum atomic E-state index is 12.3. The average molecular weight is 413 g/mol. The van der Waals surface area contributed by atoms with E-state index in [1.165, 1.54) is 24.4 Å². The zero-order valence-electron chi connectivity index (χ0n) is 9.62. The molecule has 1 heterocycles. The molecule has 0 aliphatic carbocycles. The number of halogens is 5. The third-order valence-corrected chi connectivity index (χ3v) is 3.06. The first kappa shape index (κ1) is 15.1. The van der Waals surface area contributed by atoms with E-state index >= 15 is 0 Å². The Kier molecular flexibility index (Phi) is 4.54. The molecule has 106 valence electrons. The summed E-state index contributed by atoms with van der Waals surface area (Å²) in [5.74, 6) is -0.386. The van der Waals surface area contributed by atoms with Crippen molar-refractivity contribution in [3.63, 3.8) is 0 Å². The van der Waals surface area contributed by atoms with Crippen molar-refractivity contribution in [2.45, 2.75) is 6.36 Å². The van der Waals surface area contributed by atoms with Crippen molar-refractivity contribution >= 4 is 31.9 Å². The first-order chi connectivity index (χ1) is 9.35. The highest BCUT2D eigenvalue weighted by Gasteiger charge is 2.32. The fourth-order valence-electron chi connectivity index (χ4n) is 1.32. The molecule has 1 aromatic carbocycles. The Morgan fingerprint density at radius 2 is 1.70 bits per heavy atom. The van der Waals surface area contributed by atoms with Crippen molar-refractivity contribution in [3.8, 4) is 17.4 Å². The van der Waals surface area contributed by atoms with Crippen LogP contribution in [0.25, 0.3) is 0 Å². The Morgan fingerprint density at radius 3 is 2.30 bits per heavy atom. The highest BCUT2D eigenvalue weighted by molar-refractivity contribution is 9.11. The van der Waals surface area contributed by atoms with E-state index in [2.05, 4.69) is 41.6 Å². The van der Waals surface area contributed by atoms with Gasteiger partial charge in [0.05, 0.1) is 4.47 Å². The lowest BCUT2D eigenvalue weighted by Crippen LogP contribution is -2.17. The smallest absolute Gasteiger partial charge is 0.434 e. The molecule has 20 heavy (non-hydrogen) atoms. The van der Waals surface area contributed by atoms with Gasteiger partial charge in [-0.2, -0.15) is 0 Å². The van der Waals surface area contributed by atoms with E-state index in [-0.39, 0.29) is 11.6 Å². The number of pyridine rings is 1. The molecule has 0 atom stereocenters. The molecular formula is C12H6Br2F3NO2. The Balaban J connectivity index is 2.29. The summed E-state index contributed by atoms with van der Waals surface area (Å²) >= 11 is 6.42. The largest absolute Gasteiger partial charge is 0.573 e. The molecule has 8 heteroatoms. The molecule has 0 radical (unpaired) electrons. The third kappa shape index (κ3) is 4.11. The van der Waals surface area contributed by atoms with Crippen molar-refractivity contribution in [2.75, 3.05) is 0 Å². The topological polar surface area (TPSA) is 31.4 Å². The van der Waals surface area contributed by atoms with Gasteiger partial charge in [-0.3, -0.25) is 0 Å². The number of ether oxygens (including phenoxy) is 2. The van der Waals surface area contributed by atoms with Gasteiger partial charge in [-0.25, -0.2) is 4.98 Å². The first-order valence-corrected chi connectivity index (χ1v) is 6.77. The maximum Gasteiger partial charge on any atom is 0.573 e. The van der Waals surface area contributed by atoms with Crippen LogP contribution in [-0.2, 0) is 0 Å². The fourth-order valence-corrected chi connectivity index (χ4v) is 2.39. The molecule has 2 rings (SSSR count). The first-order valence-electron chi connectivity index (χ1n) is 5.19. The molecule has 0 aliphatic heterocycles. The van der Waals surface area contributed by atoms with Crippen LogP contribution >= 0.6 is 31.9 Å². The molecule has 0 unspecified atom stereocenters. The second-order valence-electron chi connectivity index (χ2n) is 3.54. The monoisotopic (exact) mass is 411 g/mol. The Hall–Kier alpha value is -1.28. The van der Waals surface area contributed by atoms with Crippen molar-refractivity contribution in [1.82, 2.24) is 4.98 Å². The molecule has 0 aliphatic rings. The van der Waals surface area contributed by atoms with Gasteiger partial charge >= 0.3 is 6.36 Å². The lowest BCUT2D eigenvalue weighted by molar-refractivity contribution is -0.275. The van der Waals surface area contributed by atoms with Crippen LogP contribution in [0.15, 0.2) is 45.5 Å². The number of para-hydroxylation sites is 2. The lowest BCUT2D eigenvalue weighted by Gasteiger charge is -2.13. The summed E-state index contributed by atoms with van der Waals surface area (Å²) < 4.78 is 47.3. The average Bonchev–Trinajstić information content (AvgIpc) is 2.33. The van der Waals surface area contributed by atoms with E-state index in [4.69, 9.17) is 4.74 Å². The van der Waals surface area contributed by atoms with Crippen LogP contribution in [0.1, 0.15) is 0 Å². The summed E-state index contributed by atoms with van der Waals surface area (Å²) in [7, 11) is 0. The number of rotatable bonds is 3. The summed E-state index contributed by atoms with van der Waals surface area (Å²) in [5.41, 5.74) is 0. The number of alkyl halides is 3. The Bertz CT molecular complexity index is 620. The molecule has 0 saturated carbocycles. The quantitative estimate of drug-likeness (QED) is 0.685. The molecule has 0 N–H and O–H groups in total. The molecule has 3 nitrogen and oxygen atoms in total. The van der Waals surface area contributed by atoms with E-state index in [0.29, 0.717) is 8.95 Å². The minimum absolute atomic E-state index is 0.0830. The normalized spacial score (nSPS) is 11.2. The molecule has 0 spiro atoms. The summed E-state index contributed by atoms with van der Waals surface area (Å²) in [6.45, 7) is 0. The van der Waals surface area contributed by atoms with Crippen LogP contribution in [0.5, 0.6) is 17.4 Å². The fraction of sp³-hybridized carbons (Fsp3) is 0.0833. The van der Waals surface area contributed by atoms with E-state index in [0.717, 1.165) is 6.07 Å². The van der Waals surface area contributed by atoms with Gasteiger partial charge in [0, 0.05) is 10.7 Å². The second kappa shape index (κ2) is 6.01. The molecule has 0 bridgehead atoms. The minimum atomic E-state index is -4.79. The standard InChI is InChI=1S/C12H6Br2F3NO2/c13-7-5-8(14)11(18-6-7)19-9-3-1-2-4-10(9)20-12(15,16)17/h1-6H. The number of aromatic nitrogens is 1. The van der Waals surface area contributed by atoms with Crippen LogP contribution in [0.2, 0.25) is 0 Å². The number of hydrogen-bond donors (Lipinski definition) is 0. The van der Waals surface area contributed by atoms with Gasteiger partial charge in [0.25, 0.3) is 0 Å². The predicted molar refractivity (Wildman–Crippen MR) is 72.8 cm³/mol. The highest BCUT2D eigenvalue weighted by atomic mass is 79.9. The second-order valence-corrected chi connectivity index (χ2v) is 5.31. The van der Waals surface area contributed by atoms with Gasteiger partial charge in [0.1, 0.15) is 0 Å². The van der Waals surface area contributed by atoms with E-state index in [9.17, 15) is 13.2 Å². The van der Waals surface area contributed by atoms with Gasteiger partial charge < -0.3 is 9.47 Å². The number of hydrogen-bond acceptors (Lipinski definition) is 3. The van der Waals surface area contributed by atoms with Gasteiger partial charge in [-0.05, 0) is 50.1 Å². The SMILES string of the molecule is FC(F)(F)Oc1ccccc1Oc1ncc(Br)cc1Br. The van der Waals surface area contributed by atoms with Crippen molar-refractivity contribution in [3.05, 3.63) is 45.5 Å². The van der Waals surface area contributed by atoms with Gasteiger partial charge in [-0.15, -0.1) is 13.2 Å². The minimum Gasteiger partial charge on any atom is -0.434 e. The summed E-state index contributed by atoms with van der Waals surface area (Å²) in [4.78, 5) is 3.96. The lowest BCUT2D eigenvalue weighted by atomic mass is 10.3. The third-order valence-electron chi connectivity index (χ3n) is 2.06. The Morgan fingerprint density at radius 1 is 1.05 bits per heavy atom. The van der Waals surface area contributed by atoms with E-state index < -0.39 is 12.1 Å². The van der Waals surface area contributed by atoms with Crippen LogP contribution in [-0.4, -0.2) is 11.3 Å². The summed E-state index contributed by atoms with van der Waals surface area (Å²) in [6, 6.07) is 7.13. The van der Waals surface area contributed by atoms with Crippen LogP contribution < -0.4 is 9.47 Å². The van der Waals surface area contributed by atoms with E-state index in [1.807, 2.05) is 0 Å². The zero-order valence-corrected chi connectivity index (χ0v) is 12.8. The number of nitrogens with zero attached hydrogens (tertiary/aromatic N) is 1. The molecule has 0 amide bonds. The molecular weight excluding hydrogens is 407 g/mol. The summed E-state index contributed by atoms with van der Waals surface area (Å²) in [5, 5.41) is 0.